The van der Waals surface area contributed by atoms with Crippen molar-refractivity contribution in [3.8, 4) is 17.2 Å². The van der Waals surface area contributed by atoms with Crippen LogP contribution >= 0.6 is 0 Å². The Balaban J connectivity index is 1.64. The Morgan fingerprint density at radius 2 is 1.48 bits per heavy atom. The summed E-state index contributed by atoms with van der Waals surface area (Å²) in [7, 11) is 0. The summed E-state index contributed by atoms with van der Waals surface area (Å²) in [5, 5.41) is 15.2. The molecule has 1 aliphatic carbocycles. The minimum Gasteiger partial charge on any atom is -0.507 e. The Labute approximate surface area is 181 Å². The number of benzene rings is 4. The highest BCUT2D eigenvalue weighted by Crippen LogP contribution is 2.41. The molecule has 1 fully saturated rings. The largest absolute Gasteiger partial charge is 0.507 e. The topological polar surface area (TPSA) is 46.3 Å². The molecule has 3 nitrogen and oxygen atoms in total. The van der Waals surface area contributed by atoms with Gasteiger partial charge in [0, 0.05) is 10.8 Å². The van der Waals surface area contributed by atoms with Crippen LogP contribution in [0.25, 0.3) is 44.1 Å². The molecule has 0 unspecified atom stereocenters. The van der Waals surface area contributed by atoms with Gasteiger partial charge in [-0.15, -0.1) is 0 Å². The maximum atomic E-state index is 10.7. The Morgan fingerprint density at radius 3 is 2.23 bits per heavy atom. The molecule has 0 saturated heterocycles. The second-order valence-corrected chi connectivity index (χ2v) is 9.05. The van der Waals surface area contributed by atoms with Crippen LogP contribution in [0.2, 0.25) is 0 Å². The molecule has 1 aromatic heterocycles. The monoisotopic (exact) mass is 407 g/mol. The van der Waals surface area contributed by atoms with Crippen LogP contribution in [0, 0.1) is 13.8 Å². The average Bonchev–Trinajstić information content (AvgIpc) is 3.44. The van der Waals surface area contributed by atoms with Gasteiger partial charge in [-0.05, 0) is 61.1 Å². The number of aromatic nitrogens is 1. The first-order valence-electron chi connectivity index (χ1n) is 11.1. The molecular formula is C28H25NO2. The number of phenolic OH excluding ortho intramolecular Hbond substituents is 1. The lowest BCUT2D eigenvalue weighted by Gasteiger charge is -2.11. The van der Waals surface area contributed by atoms with Gasteiger partial charge in [-0.1, -0.05) is 66.4 Å². The Kier molecular flexibility index (Phi) is 4.07. The van der Waals surface area contributed by atoms with Gasteiger partial charge in [0.1, 0.15) is 11.3 Å². The molecular weight excluding hydrogens is 382 g/mol. The molecule has 0 spiro atoms. The lowest BCUT2D eigenvalue weighted by atomic mass is 9.95. The van der Waals surface area contributed by atoms with E-state index in [0.717, 1.165) is 21.9 Å². The molecule has 1 heterocycles. The Morgan fingerprint density at radius 1 is 0.806 bits per heavy atom. The molecule has 0 radical (unpaired) electrons. The van der Waals surface area contributed by atoms with Crippen LogP contribution in [0.15, 0.2) is 59.0 Å². The van der Waals surface area contributed by atoms with Crippen molar-refractivity contribution in [3.05, 3.63) is 71.3 Å². The molecule has 1 N–H and O–H groups in total. The standard InChI is InChI=1S/C28H25NO2/c1-16-7-10-20-22(13-16)23-14-17(2)8-11-21(23)27-26(20)29-28(31-27)24-15-19(9-12-25(24)30)18-5-3-4-6-18/h7-15,18,30H,3-6H2,1-2H3. The second-order valence-electron chi connectivity index (χ2n) is 9.05. The van der Waals surface area contributed by atoms with Gasteiger partial charge in [0.2, 0.25) is 5.89 Å². The number of phenols is 1. The molecule has 0 aliphatic heterocycles. The van der Waals surface area contributed by atoms with Crippen molar-refractivity contribution in [2.45, 2.75) is 45.4 Å². The number of aryl methyl sites for hydroxylation is 2. The van der Waals surface area contributed by atoms with Crippen molar-refractivity contribution >= 4 is 32.6 Å². The maximum absolute atomic E-state index is 10.7. The molecule has 1 aliphatic rings. The fourth-order valence-electron chi connectivity index (χ4n) is 5.20. The minimum absolute atomic E-state index is 0.216. The number of hydrogen-bond acceptors (Lipinski definition) is 3. The maximum Gasteiger partial charge on any atom is 0.231 e. The fraction of sp³-hybridized carbons (Fsp3) is 0.250. The fourth-order valence-corrected chi connectivity index (χ4v) is 5.20. The van der Waals surface area contributed by atoms with Crippen LogP contribution in [0.3, 0.4) is 0 Å². The quantitative estimate of drug-likeness (QED) is 0.304. The number of nitrogens with zero attached hydrogens (tertiary/aromatic N) is 1. The van der Waals surface area contributed by atoms with E-state index in [1.165, 1.54) is 53.1 Å². The first kappa shape index (κ1) is 18.4. The van der Waals surface area contributed by atoms with Gasteiger partial charge in [-0.3, -0.25) is 0 Å². The third kappa shape index (κ3) is 2.91. The summed E-state index contributed by atoms with van der Waals surface area (Å²) >= 11 is 0. The second kappa shape index (κ2) is 6.84. The molecule has 6 rings (SSSR count). The summed E-state index contributed by atoms with van der Waals surface area (Å²) in [5.74, 6) is 1.27. The van der Waals surface area contributed by atoms with Crippen molar-refractivity contribution in [2.75, 3.05) is 0 Å². The molecule has 154 valence electrons. The predicted molar refractivity (Wildman–Crippen MR) is 127 cm³/mol. The molecule has 0 atom stereocenters. The van der Waals surface area contributed by atoms with E-state index < -0.39 is 0 Å². The molecule has 5 aromatic rings. The number of hydrogen-bond donors (Lipinski definition) is 1. The lowest BCUT2D eigenvalue weighted by Crippen LogP contribution is -1.93. The highest BCUT2D eigenvalue weighted by atomic mass is 16.3. The van der Waals surface area contributed by atoms with E-state index in [-0.39, 0.29) is 5.75 Å². The van der Waals surface area contributed by atoms with Crippen LogP contribution < -0.4 is 0 Å². The zero-order valence-corrected chi connectivity index (χ0v) is 17.9. The first-order valence-corrected chi connectivity index (χ1v) is 11.1. The molecule has 0 bridgehead atoms. The van der Waals surface area contributed by atoms with Gasteiger partial charge < -0.3 is 9.52 Å². The molecule has 3 heteroatoms. The van der Waals surface area contributed by atoms with Crippen LogP contribution in [0.4, 0.5) is 0 Å². The highest BCUT2D eigenvalue weighted by Gasteiger charge is 2.22. The predicted octanol–water partition coefficient (Wildman–Crippen LogP) is 7.78. The summed E-state index contributed by atoms with van der Waals surface area (Å²) < 4.78 is 6.37. The molecule has 31 heavy (non-hydrogen) atoms. The summed E-state index contributed by atoms with van der Waals surface area (Å²) in [6.07, 6.45) is 4.98. The number of aromatic hydroxyl groups is 1. The van der Waals surface area contributed by atoms with E-state index in [0.29, 0.717) is 17.4 Å². The van der Waals surface area contributed by atoms with Gasteiger partial charge in [-0.25, -0.2) is 4.98 Å². The normalized spacial score (nSPS) is 14.9. The molecule has 1 saturated carbocycles. The Hall–Kier alpha value is -3.33. The first-order chi connectivity index (χ1) is 15.1. The van der Waals surface area contributed by atoms with Crippen molar-refractivity contribution in [1.29, 1.82) is 0 Å². The minimum atomic E-state index is 0.216. The van der Waals surface area contributed by atoms with Crippen LogP contribution in [0.5, 0.6) is 5.75 Å². The van der Waals surface area contributed by atoms with Crippen molar-refractivity contribution < 1.29 is 9.52 Å². The van der Waals surface area contributed by atoms with E-state index in [1.54, 1.807) is 6.07 Å². The third-order valence-corrected chi connectivity index (χ3v) is 6.84. The van der Waals surface area contributed by atoms with Crippen molar-refractivity contribution in [2.24, 2.45) is 0 Å². The van der Waals surface area contributed by atoms with E-state index in [1.807, 2.05) is 6.07 Å². The van der Waals surface area contributed by atoms with Crippen LogP contribution in [-0.4, -0.2) is 10.1 Å². The van der Waals surface area contributed by atoms with Crippen LogP contribution in [-0.2, 0) is 0 Å². The average molecular weight is 408 g/mol. The molecule has 4 aromatic carbocycles. The van der Waals surface area contributed by atoms with E-state index in [9.17, 15) is 5.11 Å². The van der Waals surface area contributed by atoms with Crippen LogP contribution in [0.1, 0.15) is 48.3 Å². The summed E-state index contributed by atoms with van der Waals surface area (Å²) in [5.41, 5.74) is 6.03. The third-order valence-electron chi connectivity index (χ3n) is 6.84. The van der Waals surface area contributed by atoms with Gasteiger partial charge >= 0.3 is 0 Å². The number of oxazole rings is 1. The SMILES string of the molecule is Cc1ccc2c(c1)c1cc(C)ccc1c1oc(-c3cc(C4CCCC4)ccc3O)nc21. The zero-order chi connectivity index (χ0) is 21.1. The zero-order valence-electron chi connectivity index (χ0n) is 17.9. The van der Waals surface area contributed by atoms with Gasteiger partial charge in [0.15, 0.2) is 5.58 Å². The highest BCUT2D eigenvalue weighted by molar-refractivity contribution is 6.23. The lowest BCUT2D eigenvalue weighted by molar-refractivity contribution is 0.473. The van der Waals surface area contributed by atoms with E-state index in [4.69, 9.17) is 9.40 Å². The Bertz CT molecular complexity index is 1390. The van der Waals surface area contributed by atoms with E-state index >= 15 is 0 Å². The van der Waals surface area contributed by atoms with Gasteiger partial charge in [0.05, 0.1) is 5.56 Å². The number of rotatable bonds is 2. The smallest absolute Gasteiger partial charge is 0.231 e. The van der Waals surface area contributed by atoms with E-state index in [2.05, 4.69) is 56.3 Å². The van der Waals surface area contributed by atoms with Crippen molar-refractivity contribution in [1.82, 2.24) is 4.98 Å². The van der Waals surface area contributed by atoms with Gasteiger partial charge in [0.25, 0.3) is 0 Å². The summed E-state index contributed by atoms with van der Waals surface area (Å²) in [6, 6.07) is 18.9. The van der Waals surface area contributed by atoms with Crippen molar-refractivity contribution in [3.63, 3.8) is 0 Å². The number of fused-ring (bicyclic) bond motifs is 6. The molecule has 0 amide bonds. The summed E-state index contributed by atoms with van der Waals surface area (Å²) in [6.45, 7) is 4.23. The van der Waals surface area contributed by atoms with Gasteiger partial charge in [-0.2, -0.15) is 0 Å². The summed E-state index contributed by atoms with van der Waals surface area (Å²) in [4.78, 5) is 4.92.